The second-order valence-corrected chi connectivity index (χ2v) is 4.41. The van der Waals surface area contributed by atoms with Crippen molar-refractivity contribution in [2.24, 2.45) is 11.8 Å². The molecule has 0 N–H and O–H groups in total. The molecule has 81 valence electrons. The van der Waals surface area contributed by atoms with Crippen molar-refractivity contribution >= 4 is 0 Å². The first-order chi connectivity index (χ1) is 5.97. The first kappa shape index (κ1) is 15.3. The Morgan fingerprint density at radius 1 is 0.643 bits per heavy atom. The van der Waals surface area contributed by atoms with E-state index in [2.05, 4.69) is 12.8 Å². The third-order valence-electron chi connectivity index (χ3n) is 3.63. The van der Waals surface area contributed by atoms with Crippen molar-refractivity contribution in [1.29, 1.82) is 0 Å². The van der Waals surface area contributed by atoms with Crippen LogP contribution in [0.3, 0.4) is 0 Å². The van der Waals surface area contributed by atoms with E-state index in [0.717, 1.165) is 11.8 Å². The van der Waals surface area contributed by atoms with Crippen molar-refractivity contribution in [3.8, 4) is 0 Å². The molecule has 0 aromatic rings. The molecule has 14 heavy (non-hydrogen) atoms. The van der Waals surface area contributed by atoms with Crippen molar-refractivity contribution in [2.45, 2.75) is 51.4 Å². The maximum absolute atomic E-state index is 2.48. The Morgan fingerprint density at radius 2 is 0.929 bits per heavy atom. The fourth-order valence-electron chi connectivity index (χ4n) is 2.85. The Labute approximate surface area is 115 Å². The summed E-state index contributed by atoms with van der Waals surface area (Å²) >= 11 is 0. The molecule has 0 unspecified atom stereocenters. The second-order valence-electron chi connectivity index (χ2n) is 4.41. The van der Waals surface area contributed by atoms with Crippen LogP contribution in [-0.2, 0) is 39.6 Å². The van der Waals surface area contributed by atoms with E-state index in [4.69, 9.17) is 0 Å². The van der Waals surface area contributed by atoms with E-state index in [1.54, 1.807) is 0 Å². The van der Waals surface area contributed by atoms with Gasteiger partial charge in [-0.2, -0.15) is 25.7 Å². The van der Waals surface area contributed by atoms with Crippen molar-refractivity contribution in [3.05, 3.63) is 12.8 Å². The first-order valence-corrected chi connectivity index (χ1v) is 5.60. The molecule has 0 aliphatic heterocycles. The van der Waals surface area contributed by atoms with Crippen molar-refractivity contribution in [1.82, 2.24) is 0 Å². The molecule has 2 aliphatic carbocycles. The maximum Gasteiger partial charge on any atom is 0 e. The van der Waals surface area contributed by atoms with Gasteiger partial charge in [0.25, 0.3) is 0 Å². The summed E-state index contributed by atoms with van der Waals surface area (Å²) in [5.74, 6) is 2.17. The summed E-state index contributed by atoms with van der Waals surface area (Å²) in [6, 6.07) is 0. The molecule has 0 bridgehead atoms. The molecule has 2 heteroatoms. The number of hydrogen-bond acceptors (Lipinski definition) is 0. The van der Waals surface area contributed by atoms with Crippen molar-refractivity contribution in [3.63, 3.8) is 0 Å². The SMILES string of the molecule is [CH-]1CCC(C2CC[CH-]CC2)CC1.[V].[W]. The quantitative estimate of drug-likeness (QED) is 0.590. The summed E-state index contributed by atoms with van der Waals surface area (Å²) in [6.07, 6.45) is 16.5. The van der Waals surface area contributed by atoms with Crippen LogP contribution >= 0.6 is 0 Å². The van der Waals surface area contributed by atoms with Gasteiger partial charge in [-0.15, -0.1) is 0 Å². The largest absolute Gasteiger partial charge is 0.328 e. The van der Waals surface area contributed by atoms with E-state index in [1.165, 1.54) is 51.4 Å². The summed E-state index contributed by atoms with van der Waals surface area (Å²) in [4.78, 5) is 0. The van der Waals surface area contributed by atoms with E-state index >= 15 is 0 Å². The topological polar surface area (TPSA) is 0 Å². The molecule has 1 radical (unpaired) electrons. The monoisotopic (exact) mass is 399 g/mol. The Hall–Kier alpha value is 1.27. The fourth-order valence-corrected chi connectivity index (χ4v) is 2.85. The zero-order chi connectivity index (χ0) is 8.23. The summed E-state index contributed by atoms with van der Waals surface area (Å²) in [5, 5.41) is 0. The maximum atomic E-state index is 2.48. The van der Waals surface area contributed by atoms with Gasteiger partial charge in [0.05, 0.1) is 0 Å². The summed E-state index contributed by atoms with van der Waals surface area (Å²) in [6.45, 7) is 0. The van der Waals surface area contributed by atoms with Gasteiger partial charge in [0.1, 0.15) is 0 Å². The Balaban J connectivity index is 0.000000845. The average Bonchev–Trinajstić information content (AvgIpc) is 2.21. The Morgan fingerprint density at radius 3 is 1.21 bits per heavy atom. The van der Waals surface area contributed by atoms with Gasteiger partial charge in [-0.1, -0.05) is 25.7 Å². The van der Waals surface area contributed by atoms with Crippen molar-refractivity contribution in [2.75, 3.05) is 0 Å². The van der Waals surface area contributed by atoms with Crippen LogP contribution in [0.4, 0.5) is 0 Å². The molecule has 2 rings (SSSR count). The standard InChI is InChI=1S/C12H20.V.W/c1-3-7-11(8-4-1)12-9-5-2-6-10-12;;/h1-2,11-12H,3-10H2;;/q-2;;. The van der Waals surface area contributed by atoms with E-state index in [0.29, 0.717) is 0 Å². The van der Waals surface area contributed by atoms with Gasteiger partial charge in [-0.25, -0.2) is 0 Å². The second kappa shape index (κ2) is 8.43. The molecule has 0 saturated heterocycles. The minimum Gasteiger partial charge on any atom is -0.328 e. The van der Waals surface area contributed by atoms with Gasteiger partial charge >= 0.3 is 0 Å². The van der Waals surface area contributed by atoms with Gasteiger partial charge in [0, 0.05) is 39.6 Å². The molecule has 2 saturated carbocycles. The van der Waals surface area contributed by atoms with Crippen LogP contribution in [-0.4, -0.2) is 0 Å². The minimum atomic E-state index is 0. The predicted molar refractivity (Wildman–Crippen MR) is 52.5 cm³/mol. The van der Waals surface area contributed by atoms with Gasteiger partial charge in [-0.3, -0.25) is 0 Å². The molecule has 0 amide bonds. The summed E-state index contributed by atoms with van der Waals surface area (Å²) in [7, 11) is 0. The van der Waals surface area contributed by atoms with Crippen LogP contribution in [0.5, 0.6) is 0 Å². The van der Waals surface area contributed by atoms with Gasteiger partial charge in [-0.05, 0) is 11.8 Å². The van der Waals surface area contributed by atoms with Gasteiger partial charge in [0.2, 0.25) is 0 Å². The van der Waals surface area contributed by atoms with Crippen LogP contribution < -0.4 is 0 Å². The zero-order valence-corrected chi connectivity index (χ0v) is 13.2. The van der Waals surface area contributed by atoms with E-state index in [-0.39, 0.29) is 39.6 Å². The van der Waals surface area contributed by atoms with E-state index in [9.17, 15) is 0 Å². The fraction of sp³-hybridized carbons (Fsp3) is 0.833. The predicted octanol–water partition coefficient (Wildman–Crippen LogP) is 3.77. The van der Waals surface area contributed by atoms with Crippen LogP contribution in [0.25, 0.3) is 0 Å². The third kappa shape index (κ3) is 4.42. The third-order valence-corrected chi connectivity index (χ3v) is 3.63. The molecular formula is C12H20VW-2. The van der Waals surface area contributed by atoms with Crippen LogP contribution in [0.15, 0.2) is 0 Å². The average molecular weight is 399 g/mol. The normalized spacial score (nSPS) is 24.9. The molecule has 2 fully saturated rings. The first-order valence-electron chi connectivity index (χ1n) is 5.60. The van der Waals surface area contributed by atoms with E-state index in [1.807, 2.05) is 0 Å². The van der Waals surface area contributed by atoms with Gasteiger partial charge in [0.15, 0.2) is 0 Å². The van der Waals surface area contributed by atoms with Crippen LogP contribution in [0.2, 0.25) is 0 Å². The zero-order valence-electron chi connectivity index (χ0n) is 8.82. The van der Waals surface area contributed by atoms with Crippen molar-refractivity contribution < 1.29 is 39.6 Å². The summed E-state index contributed by atoms with van der Waals surface area (Å²) < 4.78 is 0. The van der Waals surface area contributed by atoms with Gasteiger partial charge < -0.3 is 12.8 Å². The molecule has 0 nitrogen and oxygen atoms in total. The molecule has 0 aromatic carbocycles. The number of hydrogen-bond donors (Lipinski definition) is 0. The molecule has 2 aliphatic rings. The molecule has 0 spiro atoms. The van der Waals surface area contributed by atoms with Crippen LogP contribution in [0, 0.1) is 24.7 Å². The minimum absolute atomic E-state index is 0. The summed E-state index contributed by atoms with van der Waals surface area (Å²) in [5.41, 5.74) is 0. The van der Waals surface area contributed by atoms with E-state index < -0.39 is 0 Å². The molecule has 0 aromatic heterocycles. The molecule has 0 atom stereocenters. The number of rotatable bonds is 1. The molecule has 0 heterocycles. The Kier molecular flexibility index (Phi) is 9.19. The smallest absolute Gasteiger partial charge is 0 e. The molecular weight excluding hydrogens is 379 g/mol. The van der Waals surface area contributed by atoms with Crippen LogP contribution in [0.1, 0.15) is 51.4 Å². The Bertz CT molecular complexity index is 110.